The van der Waals surface area contributed by atoms with Crippen LogP contribution in [0.2, 0.25) is 0 Å². The molecule has 2 rings (SSSR count). The summed E-state index contributed by atoms with van der Waals surface area (Å²) in [5.41, 5.74) is 3.02. The molecular weight excluding hydrogens is 248 g/mol. The van der Waals surface area contributed by atoms with Gasteiger partial charge in [-0.2, -0.15) is 10.2 Å². The molecule has 0 unspecified atom stereocenters. The number of nitriles is 1. The maximum absolute atomic E-state index is 8.88. The summed E-state index contributed by atoms with van der Waals surface area (Å²) < 4.78 is 15.7. The van der Waals surface area contributed by atoms with Crippen LogP contribution in [-0.2, 0) is 0 Å². The highest BCUT2D eigenvalue weighted by atomic mass is 16.5. The predicted molar refractivity (Wildman–Crippen MR) is 67.6 cm³/mol. The van der Waals surface area contributed by atoms with E-state index in [1.54, 1.807) is 25.3 Å². The van der Waals surface area contributed by atoms with E-state index in [9.17, 15) is 0 Å². The van der Waals surface area contributed by atoms with Crippen LogP contribution in [0.25, 0.3) is 11.5 Å². The first-order valence-electron chi connectivity index (χ1n) is 5.33. The number of nitrogens with zero attached hydrogens (tertiary/aromatic N) is 2. The van der Waals surface area contributed by atoms with Crippen molar-refractivity contribution in [1.29, 1.82) is 5.26 Å². The number of ether oxygens (including phenoxy) is 2. The minimum absolute atomic E-state index is 0.0901. The summed E-state index contributed by atoms with van der Waals surface area (Å²) in [6, 6.07) is 7.05. The van der Waals surface area contributed by atoms with Crippen molar-refractivity contribution in [1.82, 2.24) is 4.98 Å². The molecule has 0 atom stereocenters. The van der Waals surface area contributed by atoms with Gasteiger partial charge in [-0.1, -0.05) is 0 Å². The Morgan fingerprint density at radius 1 is 1.32 bits per heavy atom. The second kappa shape index (κ2) is 5.29. The number of oxazole rings is 1. The van der Waals surface area contributed by atoms with Crippen LogP contribution in [0.5, 0.6) is 11.5 Å². The second-order valence-electron chi connectivity index (χ2n) is 3.52. The van der Waals surface area contributed by atoms with E-state index in [1.165, 1.54) is 7.11 Å². The number of hydrogen-bond acceptors (Lipinski definition) is 7. The first kappa shape index (κ1) is 12.7. The van der Waals surface area contributed by atoms with Crippen LogP contribution < -0.4 is 20.7 Å². The Morgan fingerprint density at radius 3 is 2.58 bits per heavy atom. The average Bonchev–Trinajstić information content (AvgIpc) is 2.89. The maximum Gasteiger partial charge on any atom is 0.246 e. The third kappa shape index (κ3) is 2.29. The Morgan fingerprint density at radius 2 is 2.05 bits per heavy atom. The maximum atomic E-state index is 8.88. The van der Waals surface area contributed by atoms with Crippen molar-refractivity contribution >= 4 is 5.88 Å². The second-order valence-corrected chi connectivity index (χ2v) is 3.52. The fourth-order valence-electron chi connectivity index (χ4n) is 1.59. The summed E-state index contributed by atoms with van der Waals surface area (Å²) in [5, 5.41) is 8.88. The fraction of sp³-hybridized carbons (Fsp3) is 0.167. The fourth-order valence-corrected chi connectivity index (χ4v) is 1.59. The molecule has 1 heterocycles. The molecule has 7 heteroatoms. The number of benzene rings is 1. The van der Waals surface area contributed by atoms with Crippen LogP contribution in [0.15, 0.2) is 22.6 Å². The lowest BCUT2D eigenvalue weighted by Crippen LogP contribution is -2.06. The number of hydrazine groups is 1. The smallest absolute Gasteiger partial charge is 0.246 e. The minimum Gasteiger partial charge on any atom is -0.493 e. The standard InChI is InChI=1S/C12H12N4O3/c1-17-9-4-3-7(5-10(9)18-2)11-15-8(6-13)12(16-14)19-11/h3-5,16H,14H2,1-2H3. The van der Waals surface area contributed by atoms with Gasteiger partial charge >= 0.3 is 0 Å². The van der Waals surface area contributed by atoms with Crippen LogP contribution in [0, 0.1) is 11.3 Å². The van der Waals surface area contributed by atoms with Gasteiger partial charge in [-0.25, -0.2) is 5.84 Å². The molecule has 7 nitrogen and oxygen atoms in total. The van der Waals surface area contributed by atoms with Gasteiger partial charge in [-0.3, -0.25) is 5.43 Å². The Balaban J connectivity index is 2.47. The lowest BCUT2D eigenvalue weighted by Gasteiger charge is -2.07. The van der Waals surface area contributed by atoms with Gasteiger partial charge in [0.1, 0.15) is 6.07 Å². The topological polar surface area (TPSA) is 106 Å². The van der Waals surface area contributed by atoms with Crippen LogP contribution in [0.1, 0.15) is 5.69 Å². The molecule has 0 bridgehead atoms. The summed E-state index contributed by atoms with van der Waals surface area (Å²) in [6.07, 6.45) is 0. The van der Waals surface area contributed by atoms with E-state index in [4.69, 9.17) is 25.0 Å². The van der Waals surface area contributed by atoms with Gasteiger partial charge in [0.15, 0.2) is 11.5 Å². The average molecular weight is 260 g/mol. The quantitative estimate of drug-likeness (QED) is 0.633. The van der Waals surface area contributed by atoms with Gasteiger partial charge in [0, 0.05) is 5.56 Å². The molecule has 98 valence electrons. The zero-order valence-electron chi connectivity index (χ0n) is 10.4. The van der Waals surface area contributed by atoms with Crippen LogP contribution in [0.4, 0.5) is 5.88 Å². The van der Waals surface area contributed by atoms with Crippen molar-refractivity contribution in [2.75, 3.05) is 19.6 Å². The van der Waals surface area contributed by atoms with Crippen molar-refractivity contribution in [3.63, 3.8) is 0 Å². The number of anilines is 1. The SMILES string of the molecule is COc1ccc(-c2nc(C#N)c(NN)o2)cc1OC. The molecule has 0 aliphatic carbocycles. The van der Waals surface area contributed by atoms with E-state index in [0.717, 1.165) is 0 Å². The van der Waals surface area contributed by atoms with Gasteiger partial charge in [0.05, 0.1) is 14.2 Å². The molecule has 0 aliphatic heterocycles. The number of hydrogen-bond donors (Lipinski definition) is 2. The van der Waals surface area contributed by atoms with Crippen molar-refractivity contribution in [2.24, 2.45) is 5.84 Å². The predicted octanol–water partition coefficient (Wildman–Crippen LogP) is 1.52. The summed E-state index contributed by atoms with van der Waals surface area (Å²) in [7, 11) is 3.08. The summed E-state index contributed by atoms with van der Waals surface area (Å²) in [6.45, 7) is 0. The van der Waals surface area contributed by atoms with E-state index in [2.05, 4.69) is 10.4 Å². The monoisotopic (exact) mass is 260 g/mol. The highest BCUT2D eigenvalue weighted by molar-refractivity contribution is 5.62. The third-order valence-corrected chi connectivity index (χ3v) is 2.49. The molecule has 0 fully saturated rings. The lowest BCUT2D eigenvalue weighted by atomic mass is 10.2. The van der Waals surface area contributed by atoms with Crippen molar-refractivity contribution in [2.45, 2.75) is 0 Å². The van der Waals surface area contributed by atoms with Crippen molar-refractivity contribution < 1.29 is 13.9 Å². The Bertz CT molecular complexity index is 630. The highest BCUT2D eigenvalue weighted by Crippen LogP contribution is 2.33. The summed E-state index contributed by atoms with van der Waals surface area (Å²) in [5.74, 6) is 6.76. The van der Waals surface area contributed by atoms with Crippen LogP contribution >= 0.6 is 0 Å². The molecule has 3 N–H and O–H groups in total. The Hall–Kier alpha value is -2.72. The van der Waals surface area contributed by atoms with Crippen LogP contribution in [-0.4, -0.2) is 19.2 Å². The first-order valence-corrected chi connectivity index (χ1v) is 5.33. The molecular formula is C12H12N4O3. The Labute approximate surface area is 109 Å². The van der Waals surface area contributed by atoms with E-state index in [-0.39, 0.29) is 17.5 Å². The summed E-state index contributed by atoms with van der Waals surface area (Å²) >= 11 is 0. The van der Waals surface area contributed by atoms with E-state index in [1.807, 2.05) is 6.07 Å². The minimum atomic E-state index is 0.0901. The molecule has 0 aliphatic rings. The van der Waals surface area contributed by atoms with Crippen molar-refractivity contribution in [3.8, 4) is 29.0 Å². The lowest BCUT2D eigenvalue weighted by molar-refractivity contribution is 0.355. The Kier molecular flexibility index (Phi) is 3.54. The zero-order chi connectivity index (χ0) is 13.8. The number of aromatic nitrogens is 1. The number of methoxy groups -OCH3 is 2. The normalized spacial score (nSPS) is 9.79. The van der Waals surface area contributed by atoms with E-state index in [0.29, 0.717) is 17.1 Å². The molecule has 0 radical (unpaired) electrons. The number of rotatable bonds is 4. The molecule has 0 amide bonds. The number of nitrogen functional groups attached to an aromatic ring is 1. The molecule has 2 aromatic rings. The molecule has 0 saturated carbocycles. The molecule has 19 heavy (non-hydrogen) atoms. The van der Waals surface area contributed by atoms with E-state index < -0.39 is 0 Å². The number of nitrogens with two attached hydrogens (primary N) is 1. The van der Waals surface area contributed by atoms with Crippen LogP contribution in [0.3, 0.4) is 0 Å². The third-order valence-electron chi connectivity index (χ3n) is 2.49. The van der Waals surface area contributed by atoms with Gasteiger partial charge in [-0.15, -0.1) is 0 Å². The molecule has 0 saturated heterocycles. The van der Waals surface area contributed by atoms with Gasteiger partial charge in [0.2, 0.25) is 17.5 Å². The zero-order valence-corrected chi connectivity index (χ0v) is 10.4. The van der Waals surface area contributed by atoms with Gasteiger partial charge in [0.25, 0.3) is 0 Å². The van der Waals surface area contributed by atoms with E-state index >= 15 is 0 Å². The molecule has 0 spiro atoms. The molecule has 1 aromatic carbocycles. The van der Waals surface area contributed by atoms with Gasteiger partial charge < -0.3 is 13.9 Å². The first-order chi connectivity index (χ1) is 9.23. The highest BCUT2D eigenvalue weighted by Gasteiger charge is 2.15. The largest absolute Gasteiger partial charge is 0.493 e. The molecule has 1 aromatic heterocycles. The number of nitrogens with one attached hydrogen (secondary N) is 1. The van der Waals surface area contributed by atoms with Gasteiger partial charge in [-0.05, 0) is 18.2 Å². The summed E-state index contributed by atoms with van der Waals surface area (Å²) in [4.78, 5) is 4.03. The van der Waals surface area contributed by atoms with Crippen molar-refractivity contribution in [3.05, 3.63) is 23.9 Å².